The number of ether oxygens (including phenoxy) is 1. The number of nitrogens with zero attached hydrogens (tertiary/aromatic N) is 2. The van der Waals surface area contributed by atoms with Gasteiger partial charge in [-0.25, -0.2) is 4.98 Å². The molecule has 0 spiro atoms. The van der Waals surface area contributed by atoms with Gasteiger partial charge >= 0.3 is 0 Å². The molecule has 1 atom stereocenters. The van der Waals surface area contributed by atoms with Crippen LogP contribution in [0.4, 0.5) is 0 Å². The summed E-state index contributed by atoms with van der Waals surface area (Å²) in [6, 6.07) is 7.81. The number of para-hydroxylation sites is 2. The Morgan fingerprint density at radius 2 is 2.35 bits per heavy atom. The van der Waals surface area contributed by atoms with E-state index >= 15 is 0 Å². The summed E-state index contributed by atoms with van der Waals surface area (Å²) in [6.07, 6.45) is 0. The van der Waals surface area contributed by atoms with Gasteiger partial charge in [0.2, 0.25) is 5.91 Å². The van der Waals surface area contributed by atoms with Crippen LogP contribution in [0.25, 0.3) is 11.0 Å². The molecule has 2 aromatic rings. The number of carbonyl (C=O) groups is 1. The molecule has 0 saturated carbocycles. The summed E-state index contributed by atoms with van der Waals surface area (Å²) in [5, 5.41) is 3.31. The van der Waals surface area contributed by atoms with Gasteiger partial charge in [-0.15, -0.1) is 0 Å². The van der Waals surface area contributed by atoms with Crippen LogP contribution in [-0.4, -0.2) is 54.1 Å². The van der Waals surface area contributed by atoms with Gasteiger partial charge in [0.15, 0.2) is 0 Å². The standard InChI is InChI=1S/C14H18N4O2/c1-20-9-13(19)18-7-6-15-8-12(18)14-16-10-4-2-3-5-11(10)17-14/h2-5,12,15H,6-9H2,1H3,(H,16,17). The van der Waals surface area contributed by atoms with Crippen LogP contribution in [0.15, 0.2) is 24.3 Å². The summed E-state index contributed by atoms with van der Waals surface area (Å²) >= 11 is 0. The fourth-order valence-electron chi connectivity index (χ4n) is 2.58. The number of aromatic nitrogens is 2. The molecule has 2 N–H and O–H groups in total. The normalized spacial score (nSPS) is 19.4. The quantitative estimate of drug-likeness (QED) is 0.863. The van der Waals surface area contributed by atoms with E-state index in [1.54, 1.807) is 0 Å². The number of rotatable bonds is 3. The summed E-state index contributed by atoms with van der Waals surface area (Å²) in [6.45, 7) is 2.28. The summed E-state index contributed by atoms with van der Waals surface area (Å²) < 4.78 is 4.96. The first-order valence-electron chi connectivity index (χ1n) is 6.73. The van der Waals surface area contributed by atoms with Crippen LogP contribution in [0, 0.1) is 0 Å². The van der Waals surface area contributed by atoms with Crippen LogP contribution in [0.5, 0.6) is 0 Å². The van der Waals surface area contributed by atoms with E-state index in [9.17, 15) is 4.79 Å². The van der Waals surface area contributed by atoms with Crippen molar-refractivity contribution in [1.29, 1.82) is 0 Å². The smallest absolute Gasteiger partial charge is 0.249 e. The maximum Gasteiger partial charge on any atom is 0.249 e. The number of benzene rings is 1. The molecule has 1 aromatic carbocycles. The van der Waals surface area contributed by atoms with Crippen molar-refractivity contribution < 1.29 is 9.53 Å². The zero-order valence-corrected chi connectivity index (χ0v) is 11.4. The lowest BCUT2D eigenvalue weighted by Crippen LogP contribution is -2.50. The SMILES string of the molecule is COCC(=O)N1CCNCC1c1nc2ccccc2[nH]1. The van der Waals surface area contributed by atoms with E-state index in [4.69, 9.17) is 4.74 Å². The highest BCUT2D eigenvalue weighted by Gasteiger charge is 2.29. The molecule has 0 radical (unpaired) electrons. The zero-order chi connectivity index (χ0) is 13.9. The number of amides is 1. The highest BCUT2D eigenvalue weighted by Crippen LogP contribution is 2.22. The van der Waals surface area contributed by atoms with Crippen LogP contribution in [0.1, 0.15) is 11.9 Å². The number of hydrogen-bond donors (Lipinski definition) is 2. The van der Waals surface area contributed by atoms with Crippen LogP contribution in [0.3, 0.4) is 0 Å². The van der Waals surface area contributed by atoms with Gasteiger partial charge < -0.3 is 19.9 Å². The number of hydrogen-bond acceptors (Lipinski definition) is 4. The lowest BCUT2D eigenvalue weighted by molar-refractivity contribution is -0.138. The van der Waals surface area contributed by atoms with Gasteiger partial charge in [-0.05, 0) is 12.1 Å². The molecule has 106 valence electrons. The fraction of sp³-hybridized carbons (Fsp3) is 0.429. The van der Waals surface area contributed by atoms with E-state index in [2.05, 4.69) is 15.3 Å². The topological polar surface area (TPSA) is 70.2 Å². The second-order valence-corrected chi connectivity index (χ2v) is 4.88. The van der Waals surface area contributed by atoms with Crippen molar-refractivity contribution in [3.8, 4) is 0 Å². The number of methoxy groups -OCH3 is 1. The van der Waals surface area contributed by atoms with E-state index in [-0.39, 0.29) is 18.6 Å². The van der Waals surface area contributed by atoms with E-state index in [0.29, 0.717) is 13.1 Å². The molecule has 0 bridgehead atoms. The lowest BCUT2D eigenvalue weighted by Gasteiger charge is -2.34. The molecule has 1 unspecified atom stereocenters. The molecule has 1 saturated heterocycles. The molecule has 1 aliphatic rings. The molecule has 6 nitrogen and oxygen atoms in total. The second-order valence-electron chi connectivity index (χ2n) is 4.88. The van der Waals surface area contributed by atoms with Crippen LogP contribution >= 0.6 is 0 Å². The third kappa shape index (κ3) is 2.39. The average Bonchev–Trinajstić information content (AvgIpc) is 2.91. The number of aromatic amines is 1. The van der Waals surface area contributed by atoms with Crippen LogP contribution in [-0.2, 0) is 9.53 Å². The largest absolute Gasteiger partial charge is 0.375 e. The maximum absolute atomic E-state index is 12.1. The summed E-state index contributed by atoms with van der Waals surface area (Å²) in [5.74, 6) is 0.822. The van der Waals surface area contributed by atoms with Crippen molar-refractivity contribution >= 4 is 16.9 Å². The average molecular weight is 274 g/mol. The Bertz CT molecular complexity index is 577. The van der Waals surface area contributed by atoms with Gasteiger partial charge in [0.05, 0.1) is 11.0 Å². The summed E-state index contributed by atoms with van der Waals surface area (Å²) in [5.41, 5.74) is 1.92. The Hall–Kier alpha value is -1.92. The van der Waals surface area contributed by atoms with E-state index in [1.807, 2.05) is 29.2 Å². The van der Waals surface area contributed by atoms with Gasteiger partial charge in [-0.1, -0.05) is 12.1 Å². The molecule has 3 rings (SSSR count). The van der Waals surface area contributed by atoms with Crippen molar-refractivity contribution in [2.45, 2.75) is 6.04 Å². The Morgan fingerprint density at radius 1 is 1.50 bits per heavy atom. The number of H-pyrrole nitrogens is 1. The van der Waals surface area contributed by atoms with Gasteiger partial charge in [-0.3, -0.25) is 4.79 Å². The summed E-state index contributed by atoms with van der Waals surface area (Å²) in [4.78, 5) is 21.9. The van der Waals surface area contributed by atoms with E-state index in [1.165, 1.54) is 7.11 Å². The molecule has 2 heterocycles. The number of fused-ring (bicyclic) bond motifs is 1. The van der Waals surface area contributed by atoms with E-state index < -0.39 is 0 Å². The van der Waals surface area contributed by atoms with E-state index in [0.717, 1.165) is 23.4 Å². The minimum Gasteiger partial charge on any atom is -0.375 e. The van der Waals surface area contributed by atoms with Crippen molar-refractivity contribution in [3.05, 3.63) is 30.1 Å². The number of carbonyl (C=O) groups excluding carboxylic acids is 1. The van der Waals surface area contributed by atoms with Crippen molar-refractivity contribution in [3.63, 3.8) is 0 Å². The van der Waals surface area contributed by atoms with Crippen molar-refractivity contribution in [2.75, 3.05) is 33.4 Å². The monoisotopic (exact) mass is 274 g/mol. The minimum absolute atomic E-state index is 0.000504. The molecule has 6 heteroatoms. The molecule has 1 amide bonds. The Labute approximate surface area is 117 Å². The van der Waals surface area contributed by atoms with Crippen molar-refractivity contribution in [1.82, 2.24) is 20.2 Å². The van der Waals surface area contributed by atoms with Crippen molar-refractivity contribution in [2.24, 2.45) is 0 Å². The zero-order valence-electron chi connectivity index (χ0n) is 11.4. The predicted molar refractivity (Wildman–Crippen MR) is 75.3 cm³/mol. The third-order valence-corrected chi connectivity index (χ3v) is 3.55. The molecule has 0 aliphatic carbocycles. The number of piperazine rings is 1. The third-order valence-electron chi connectivity index (χ3n) is 3.55. The van der Waals surface area contributed by atoms with Crippen LogP contribution < -0.4 is 5.32 Å². The first-order chi connectivity index (χ1) is 9.79. The van der Waals surface area contributed by atoms with Gasteiger partial charge in [0.25, 0.3) is 0 Å². The number of nitrogens with one attached hydrogen (secondary N) is 2. The molecular weight excluding hydrogens is 256 g/mol. The Balaban J connectivity index is 1.90. The Morgan fingerprint density at radius 3 is 3.15 bits per heavy atom. The maximum atomic E-state index is 12.1. The lowest BCUT2D eigenvalue weighted by atomic mass is 10.2. The molecule has 20 heavy (non-hydrogen) atoms. The molecular formula is C14H18N4O2. The van der Waals surface area contributed by atoms with Crippen LogP contribution in [0.2, 0.25) is 0 Å². The molecule has 1 aliphatic heterocycles. The molecule has 1 fully saturated rings. The first-order valence-corrected chi connectivity index (χ1v) is 6.73. The number of imidazole rings is 1. The minimum atomic E-state index is -0.0706. The van der Waals surface area contributed by atoms with Gasteiger partial charge in [-0.2, -0.15) is 0 Å². The van der Waals surface area contributed by atoms with Gasteiger partial charge in [0, 0.05) is 26.7 Å². The van der Waals surface area contributed by atoms with Gasteiger partial charge in [0.1, 0.15) is 18.5 Å². The highest BCUT2D eigenvalue weighted by atomic mass is 16.5. The fourth-order valence-corrected chi connectivity index (χ4v) is 2.58. The summed E-state index contributed by atoms with van der Waals surface area (Å²) in [7, 11) is 1.54. The first kappa shape index (κ1) is 13.1. The predicted octanol–water partition coefficient (Wildman–Crippen LogP) is 0.682. The molecule has 1 aromatic heterocycles. The second kappa shape index (κ2) is 5.60. The highest BCUT2D eigenvalue weighted by molar-refractivity contribution is 5.79. The Kier molecular flexibility index (Phi) is 3.66.